The van der Waals surface area contributed by atoms with Crippen molar-refractivity contribution in [1.29, 1.82) is 0 Å². The minimum atomic E-state index is -0.424. The van der Waals surface area contributed by atoms with Crippen molar-refractivity contribution in [2.75, 3.05) is 6.61 Å². The summed E-state index contributed by atoms with van der Waals surface area (Å²) >= 11 is 0. The first kappa shape index (κ1) is 17.5. The van der Waals surface area contributed by atoms with Crippen LogP contribution in [0.3, 0.4) is 0 Å². The van der Waals surface area contributed by atoms with E-state index in [0.29, 0.717) is 41.0 Å². The van der Waals surface area contributed by atoms with Gasteiger partial charge in [0.2, 0.25) is 0 Å². The van der Waals surface area contributed by atoms with E-state index in [1.165, 1.54) is 5.56 Å². The molecule has 4 nitrogen and oxygen atoms in total. The normalized spacial score (nSPS) is 18.4. The Hall–Kier alpha value is -2.88. The fourth-order valence-corrected chi connectivity index (χ4v) is 3.78. The zero-order chi connectivity index (χ0) is 19.0. The molecule has 1 fully saturated rings. The summed E-state index contributed by atoms with van der Waals surface area (Å²) in [5.74, 6) is 1.01. The van der Waals surface area contributed by atoms with Crippen LogP contribution in [0.2, 0.25) is 0 Å². The molecule has 4 heteroatoms. The predicted octanol–water partition coefficient (Wildman–Crippen LogP) is 4.80. The molecule has 0 amide bonds. The first-order valence-corrected chi connectivity index (χ1v) is 9.45. The van der Waals surface area contributed by atoms with E-state index in [-0.39, 0.29) is 11.3 Å². The SMILES string of the molecule is CCOC(=O)c1ccc2oc(C3CC3c3ccccc3)c(CC)c(=O)c2c1. The summed E-state index contributed by atoms with van der Waals surface area (Å²) in [6.45, 7) is 4.03. The van der Waals surface area contributed by atoms with Gasteiger partial charge in [0, 0.05) is 11.5 Å². The topological polar surface area (TPSA) is 56.5 Å². The molecule has 2 aromatic carbocycles. The molecule has 27 heavy (non-hydrogen) atoms. The Morgan fingerprint density at radius 1 is 1.11 bits per heavy atom. The number of hydrogen-bond acceptors (Lipinski definition) is 4. The maximum Gasteiger partial charge on any atom is 0.338 e. The molecule has 1 aromatic heterocycles. The second-order valence-corrected chi connectivity index (χ2v) is 6.92. The van der Waals surface area contributed by atoms with E-state index in [1.54, 1.807) is 25.1 Å². The number of benzene rings is 2. The van der Waals surface area contributed by atoms with Crippen molar-refractivity contribution >= 4 is 16.9 Å². The largest absolute Gasteiger partial charge is 0.462 e. The molecule has 1 saturated carbocycles. The Kier molecular flexibility index (Phi) is 4.56. The molecular formula is C23H22O4. The van der Waals surface area contributed by atoms with Crippen LogP contribution in [0.5, 0.6) is 0 Å². The van der Waals surface area contributed by atoms with Gasteiger partial charge >= 0.3 is 5.97 Å². The van der Waals surface area contributed by atoms with Gasteiger partial charge in [-0.3, -0.25) is 4.79 Å². The van der Waals surface area contributed by atoms with E-state index in [0.717, 1.165) is 12.2 Å². The van der Waals surface area contributed by atoms with E-state index in [2.05, 4.69) is 12.1 Å². The molecule has 4 rings (SSSR count). The molecular weight excluding hydrogens is 340 g/mol. The van der Waals surface area contributed by atoms with E-state index < -0.39 is 5.97 Å². The lowest BCUT2D eigenvalue weighted by Gasteiger charge is -2.10. The summed E-state index contributed by atoms with van der Waals surface area (Å²) in [5, 5.41) is 0.443. The van der Waals surface area contributed by atoms with Crippen LogP contribution in [0, 0.1) is 0 Å². The monoisotopic (exact) mass is 362 g/mol. The number of esters is 1. The van der Waals surface area contributed by atoms with Gasteiger partial charge in [0.15, 0.2) is 5.43 Å². The maximum absolute atomic E-state index is 13.1. The fraction of sp³-hybridized carbons (Fsp3) is 0.304. The Bertz CT molecular complexity index is 1050. The van der Waals surface area contributed by atoms with Crippen molar-refractivity contribution < 1.29 is 13.9 Å². The number of rotatable bonds is 5. The molecule has 138 valence electrons. The van der Waals surface area contributed by atoms with E-state index in [4.69, 9.17) is 9.15 Å². The summed E-state index contributed by atoms with van der Waals surface area (Å²) in [7, 11) is 0. The molecule has 0 bridgehead atoms. The number of carbonyl (C=O) groups excluding carboxylic acids is 1. The first-order chi connectivity index (χ1) is 13.1. The summed E-state index contributed by atoms with van der Waals surface area (Å²) < 4.78 is 11.2. The summed E-state index contributed by atoms with van der Waals surface area (Å²) in [6, 6.07) is 15.3. The Balaban J connectivity index is 1.76. The molecule has 1 aliphatic rings. The number of carbonyl (C=O) groups is 1. The van der Waals surface area contributed by atoms with Gasteiger partial charge in [-0.1, -0.05) is 37.3 Å². The molecule has 2 atom stereocenters. The minimum absolute atomic E-state index is 0.0430. The van der Waals surface area contributed by atoms with Gasteiger partial charge in [0.1, 0.15) is 11.3 Å². The highest BCUT2D eigenvalue weighted by atomic mass is 16.5. The maximum atomic E-state index is 13.1. The van der Waals surface area contributed by atoms with Crippen molar-refractivity contribution in [3.8, 4) is 0 Å². The molecule has 0 N–H and O–H groups in total. The van der Waals surface area contributed by atoms with Gasteiger partial charge in [0.25, 0.3) is 0 Å². The molecule has 3 aromatic rings. The fourth-order valence-electron chi connectivity index (χ4n) is 3.78. The van der Waals surface area contributed by atoms with E-state index in [9.17, 15) is 9.59 Å². The second kappa shape index (κ2) is 7.03. The zero-order valence-electron chi connectivity index (χ0n) is 15.5. The third kappa shape index (κ3) is 3.16. The van der Waals surface area contributed by atoms with Crippen LogP contribution >= 0.6 is 0 Å². The minimum Gasteiger partial charge on any atom is -0.462 e. The average Bonchev–Trinajstić information content (AvgIpc) is 3.49. The van der Waals surface area contributed by atoms with Crippen LogP contribution in [0.25, 0.3) is 11.0 Å². The third-order valence-electron chi connectivity index (χ3n) is 5.24. The second-order valence-electron chi connectivity index (χ2n) is 6.92. The molecule has 0 saturated heterocycles. The highest BCUT2D eigenvalue weighted by Gasteiger charge is 2.43. The van der Waals surface area contributed by atoms with Gasteiger partial charge in [0.05, 0.1) is 17.6 Å². The Morgan fingerprint density at radius 3 is 2.59 bits per heavy atom. The van der Waals surface area contributed by atoms with E-state index >= 15 is 0 Å². The zero-order valence-corrected chi connectivity index (χ0v) is 15.5. The molecule has 2 unspecified atom stereocenters. The highest BCUT2D eigenvalue weighted by Crippen LogP contribution is 2.55. The third-order valence-corrected chi connectivity index (χ3v) is 5.24. The van der Waals surface area contributed by atoms with Gasteiger partial charge in [-0.05, 0) is 49.4 Å². The molecule has 1 aliphatic carbocycles. The van der Waals surface area contributed by atoms with Crippen molar-refractivity contribution in [3.63, 3.8) is 0 Å². The lowest BCUT2D eigenvalue weighted by atomic mass is 10.0. The predicted molar refractivity (Wildman–Crippen MR) is 104 cm³/mol. The first-order valence-electron chi connectivity index (χ1n) is 9.45. The quantitative estimate of drug-likeness (QED) is 0.612. The van der Waals surface area contributed by atoms with Crippen LogP contribution in [0.15, 0.2) is 57.7 Å². The summed E-state index contributed by atoms with van der Waals surface area (Å²) in [6.07, 6.45) is 1.60. The average molecular weight is 362 g/mol. The number of hydrogen-bond donors (Lipinski definition) is 0. The standard InChI is InChI=1S/C23H22O4/c1-3-16-21(24)19-12-15(23(25)26-4-2)10-11-20(19)27-22(16)18-13-17(18)14-8-6-5-7-9-14/h5-12,17-18H,3-4,13H2,1-2H3. The smallest absolute Gasteiger partial charge is 0.338 e. The molecule has 0 radical (unpaired) electrons. The van der Waals surface area contributed by atoms with Gasteiger partial charge in [-0.15, -0.1) is 0 Å². The van der Waals surface area contributed by atoms with Crippen LogP contribution < -0.4 is 5.43 Å². The lowest BCUT2D eigenvalue weighted by Crippen LogP contribution is -2.13. The van der Waals surface area contributed by atoms with Crippen molar-refractivity contribution in [3.05, 3.63) is 81.2 Å². The van der Waals surface area contributed by atoms with Crippen molar-refractivity contribution in [2.24, 2.45) is 0 Å². The van der Waals surface area contributed by atoms with Gasteiger partial charge in [-0.25, -0.2) is 4.79 Å². The Morgan fingerprint density at radius 2 is 1.89 bits per heavy atom. The number of ether oxygens (including phenoxy) is 1. The molecule has 0 spiro atoms. The lowest BCUT2D eigenvalue weighted by molar-refractivity contribution is 0.0526. The van der Waals surface area contributed by atoms with Crippen LogP contribution in [-0.2, 0) is 11.2 Å². The number of fused-ring (bicyclic) bond motifs is 1. The van der Waals surface area contributed by atoms with Crippen LogP contribution in [-0.4, -0.2) is 12.6 Å². The van der Waals surface area contributed by atoms with Crippen molar-refractivity contribution in [2.45, 2.75) is 38.5 Å². The Labute approximate surface area is 157 Å². The van der Waals surface area contributed by atoms with Crippen molar-refractivity contribution in [1.82, 2.24) is 0 Å². The van der Waals surface area contributed by atoms with Gasteiger partial charge in [-0.2, -0.15) is 0 Å². The van der Waals surface area contributed by atoms with E-state index in [1.807, 2.05) is 25.1 Å². The highest BCUT2D eigenvalue weighted by molar-refractivity contribution is 5.94. The van der Waals surface area contributed by atoms with Crippen LogP contribution in [0.4, 0.5) is 0 Å². The summed E-state index contributed by atoms with van der Waals surface area (Å²) in [4.78, 5) is 25.1. The van der Waals surface area contributed by atoms with Gasteiger partial charge < -0.3 is 9.15 Å². The summed E-state index contributed by atoms with van der Waals surface area (Å²) in [5.41, 5.74) is 2.86. The molecule has 0 aliphatic heterocycles. The molecule has 1 heterocycles. The van der Waals surface area contributed by atoms with Crippen LogP contribution in [0.1, 0.15) is 59.3 Å².